The zero-order valence-electron chi connectivity index (χ0n) is 15.7. The molecular weight excluding hydrogens is 346 g/mol. The highest BCUT2D eigenvalue weighted by atomic mass is 16.6. The van der Waals surface area contributed by atoms with Crippen LogP contribution in [0.25, 0.3) is 0 Å². The minimum absolute atomic E-state index is 0.240. The van der Waals surface area contributed by atoms with Crippen LogP contribution < -0.4 is 10.1 Å². The topological polar surface area (TPSA) is 82.4 Å². The van der Waals surface area contributed by atoms with Gasteiger partial charge in [0.2, 0.25) is 0 Å². The monoisotopic (exact) mass is 371 g/mol. The lowest BCUT2D eigenvalue weighted by Crippen LogP contribution is -2.25. The Morgan fingerprint density at radius 1 is 1.15 bits per heavy atom. The number of aryl methyl sites for hydroxylation is 2. The summed E-state index contributed by atoms with van der Waals surface area (Å²) >= 11 is 0. The molecule has 0 radical (unpaired) electrons. The Kier molecular flexibility index (Phi) is 6.11. The van der Waals surface area contributed by atoms with E-state index in [1.165, 1.54) is 12.8 Å². The van der Waals surface area contributed by atoms with Gasteiger partial charge in [-0.15, -0.1) is 0 Å². The molecule has 1 aliphatic carbocycles. The van der Waals surface area contributed by atoms with Crippen molar-refractivity contribution in [3.63, 3.8) is 0 Å². The summed E-state index contributed by atoms with van der Waals surface area (Å²) in [6.45, 7) is 3.38. The van der Waals surface area contributed by atoms with Gasteiger partial charge in [0.15, 0.2) is 13.2 Å². The lowest BCUT2D eigenvalue weighted by Gasteiger charge is -2.14. The van der Waals surface area contributed by atoms with Crippen LogP contribution in [-0.4, -0.2) is 34.9 Å². The number of rotatable bonds is 7. The predicted octanol–water partition coefficient (Wildman–Crippen LogP) is 3.18. The second-order valence-electron chi connectivity index (χ2n) is 6.84. The standard InChI is InChI=1S/C20H25N3O4/c1-14-7-8-17(11-15(14)2)26-13-20(25)27-12-19(24)22-18-9-10-21-23(18)16-5-3-4-6-16/h7-11,16H,3-6,12-13H2,1-2H3,(H,22,24). The average molecular weight is 371 g/mol. The van der Waals surface area contributed by atoms with Crippen LogP contribution in [0.15, 0.2) is 30.5 Å². The first-order valence-corrected chi connectivity index (χ1v) is 9.22. The first kappa shape index (κ1) is 18.9. The van der Waals surface area contributed by atoms with E-state index < -0.39 is 11.9 Å². The highest BCUT2D eigenvalue weighted by Gasteiger charge is 2.20. The Morgan fingerprint density at radius 3 is 2.67 bits per heavy atom. The average Bonchev–Trinajstić information content (AvgIpc) is 3.32. The van der Waals surface area contributed by atoms with Crippen molar-refractivity contribution >= 4 is 17.7 Å². The molecule has 144 valence electrons. The van der Waals surface area contributed by atoms with E-state index in [-0.39, 0.29) is 13.2 Å². The molecule has 27 heavy (non-hydrogen) atoms. The van der Waals surface area contributed by atoms with Crippen molar-refractivity contribution in [2.24, 2.45) is 0 Å². The number of hydrogen-bond donors (Lipinski definition) is 1. The van der Waals surface area contributed by atoms with Crippen molar-refractivity contribution in [2.75, 3.05) is 18.5 Å². The molecule has 0 bridgehead atoms. The quantitative estimate of drug-likeness (QED) is 0.756. The molecule has 1 aromatic heterocycles. The number of amides is 1. The van der Waals surface area contributed by atoms with Crippen LogP contribution in [0.3, 0.4) is 0 Å². The first-order valence-electron chi connectivity index (χ1n) is 9.22. The van der Waals surface area contributed by atoms with E-state index in [1.54, 1.807) is 18.3 Å². The van der Waals surface area contributed by atoms with E-state index in [2.05, 4.69) is 10.4 Å². The lowest BCUT2D eigenvalue weighted by atomic mass is 10.1. The summed E-state index contributed by atoms with van der Waals surface area (Å²) in [5.41, 5.74) is 2.23. The molecule has 1 N–H and O–H groups in total. The number of nitrogens with one attached hydrogen (secondary N) is 1. The van der Waals surface area contributed by atoms with Crippen LogP contribution >= 0.6 is 0 Å². The third kappa shape index (κ3) is 5.09. The van der Waals surface area contributed by atoms with Crippen molar-refractivity contribution in [1.29, 1.82) is 0 Å². The number of ether oxygens (including phenoxy) is 2. The Bertz CT molecular complexity index is 809. The number of nitrogens with zero attached hydrogens (tertiary/aromatic N) is 2. The molecular formula is C20H25N3O4. The molecule has 0 saturated heterocycles. The highest BCUT2D eigenvalue weighted by molar-refractivity contribution is 5.92. The second kappa shape index (κ2) is 8.70. The third-order valence-corrected chi connectivity index (χ3v) is 4.81. The number of hydrogen-bond acceptors (Lipinski definition) is 5. The van der Waals surface area contributed by atoms with Crippen LogP contribution in [0.5, 0.6) is 5.75 Å². The molecule has 1 fully saturated rings. The fraction of sp³-hybridized carbons (Fsp3) is 0.450. The number of benzene rings is 1. The number of aromatic nitrogens is 2. The van der Waals surface area contributed by atoms with Gasteiger partial charge in [0.05, 0.1) is 12.2 Å². The van der Waals surface area contributed by atoms with Gasteiger partial charge in [0.1, 0.15) is 11.6 Å². The maximum Gasteiger partial charge on any atom is 0.344 e. The van der Waals surface area contributed by atoms with Crippen LogP contribution in [0.4, 0.5) is 5.82 Å². The Labute approximate surface area is 158 Å². The summed E-state index contributed by atoms with van der Waals surface area (Å²) in [6, 6.07) is 7.66. The molecule has 7 nitrogen and oxygen atoms in total. The van der Waals surface area contributed by atoms with E-state index in [4.69, 9.17) is 9.47 Å². The van der Waals surface area contributed by atoms with Gasteiger partial charge in [-0.3, -0.25) is 4.79 Å². The van der Waals surface area contributed by atoms with Gasteiger partial charge >= 0.3 is 5.97 Å². The van der Waals surface area contributed by atoms with Gasteiger partial charge < -0.3 is 14.8 Å². The molecule has 1 aromatic carbocycles. The summed E-state index contributed by atoms with van der Waals surface area (Å²) in [6.07, 6.45) is 6.15. The SMILES string of the molecule is Cc1ccc(OCC(=O)OCC(=O)Nc2ccnn2C2CCCC2)cc1C. The molecule has 7 heteroatoms. The zero-order valence-corrected chi connectivity index (χ0v) is 15.7. The Morgan fingerprint density at radius 2 is 1.93 bits per heavy atom. The molecule has 0 spiro atoms. The molecule has 3 rings (SSSR count). The van der Waals surface area contributed by atoms with Gasteiger partial charge in [-0.05, 0) is 49.9 Å². The number of esters is 1. The molecule has 2 aromatic rings. The van der Waals surface area contributed by atoms with Crippen molar-refractivity contribution in [3.05, 3.63) is 41.6 Å². The summed E-state index contributed by atoms with van der Waals surface area (Å²) in [4.78, 5) is 23.9. The van der Waals surface area contributed by atoms with E-state index in [0.717, 1.165) is 24.0 Å². The Hall–Kier alpha value is -2.83. The zero-order chi connectivity index (χ0) is 19.2. The van der Waals surface area contributed by atoms with E-state index in [0.29, 0.717) is 17.6 Å². The fourth-order valence-corrected chi connectivity index (χ4v) is 3.17. The summed E-state index contributed by atoms with van der Waals surface area (Å²) in [5.74, 6) is 0.247. The molecule has 1 aliphatic rings. The highest BCUT2D eigenvalue weighted by Crippen LogP contribution is 2.31. The predicted molar refractivity (Wildman–Crippen MR) is 101 cm³/mol. The van der Waals surface area contributed by atoms with Crippen molar-refractivity contribution in [1.82, 2.24) is 9.78 Å². The largest absolute Gasteiger partial charge is 0.482 e. The molecule has 1 saturated carbocycles. The lowest BCUT2D eigenvalue weighted by molar-refractivity contribution is -0.149. The van der Waals surface area contributed by atoms with Gasteiger partial charge in [0.25, 0.3) is 5.91 Å². The normalized spacial score (nSPS) is 14.1. The summed E-state index contributed by atoms with van der Waals surface area (Å²) < 4.78 is 12.2. The molecule has 1 heterocycles. The third-order valence-electron chi connectivity index (χ3n) is 4.81. The van der Waals surface area contributed by atoms with Crippen LogP contribution in [-0.2, 0) is 14.3 Å². The molecule has 0 unspecified atom stereocenters. The fourth-order valence-electron chi connectivity index (χ4n) is 3.17. The van der Waals surface area contributed by atoms with E-state index in [9.17, 15) is 9.59 Å². The number of carbonyl (C=O) groups is 2. The van der Waals surface area contributed by atoms with Crippen LogP contribution in [0.1, 0.15) is 42.9 Å². The van der Waals surface area contributed by atoms with Crippen molar-refractivity contribution in [3.8, 4) is 5.75 Å². The van der Waals surface area contributed by atoms with Gasteiger partial charge in [-0.25, -0.2) is 9.48 Å². The summed E-state index contributed by atoms with van der Waals surface area (Å²) in [7, 11) is 0. The minimum atomic E-state index is -0.590. The maximum atomic E-state index is 12.1. The minimum Gasteiger partial charge on any atom is -0.482 e. The number of carbonyl (C=O) groups excluding carboxylic acids is 2. The van der Waals surface area contributed by atoms with E-state index >= 15 is 0 Å². The Balaban J connectivity index is 1.43. The molecule has 0 aliphatic heterocycles. The molecule has 0 atom stereocenters. The van der Waals surface area contributed by atoms with Crippen molar-refractivity contribution in [2.45, 2.75) is 45.6 Å². The second-order valence-corrected chi connectivity index (χ2v) is 6.84. The first-order chi connectivity index (χ1) is 13.0. The van der Waals surface area contributed by atoms with Gasteiger partial charge in [-0.2, -0.15) is 5.10 Å². The molecule has 1 amide bonds. The van der Waals surface area contributed by atoms with Gasteiger partial charge in [0, 0.05) is 6.07 Å². The van der Waals surface area contributed by atoms with E-state index in [1.807, 2.05) is 30.7 Å². The van der Waals surface area contributed by atoms with Crippen LogP contribution in [0, 0.1) is 13.8 Å². The maximum absolute atomic E-state index is 12.1. The number of anilines is 1. The van der Waals surface area contributed by atoms with Gasteiger partial charge in [-0.1, -0.05) is 18.9 Å². The van der Waals surface area contributed by atoms with Crippen LogP contribution in [0.2, 0.25) is 0 Å². The van der Waals surface area contributed by atoms with Crippen molar-refractivity contribution < 1.29 is 19.1 Å². The summed E-state index contributed by atoms with van der Waals surface area (Å²) in [5, 5.41) is 7.05. The smallest absolute Gasteiger partial charge is 0.344 e.